The fraction of sp³-hybridized carbons (Fsp3) is 0.235. The van der Waals surface area contributed by atoms with Crippen molar-refractivity contribution in [2.75, 3.05) is 0 Å². The summed E-state index contributed by atoms with van der Waals surface area (Å²) in [7, 11) is 0. The summed E-state index contributed by atoms with van der Waals surface area (Å²) in [5.41, 5.74) is 0.903. The van der Waals surface area contributed by atoms with Gasteiger partial charge in [-0.05, 0) is 23.6 Å². The van der Waals surface area contributed by atoms with Gasteiger partial charge in [0.25, 0.3) is 5.91 Å². The van der Waals surface area contributed by atoms with Gasteiger partial charge in [-0.25, -0.2) is 4.79 Å². The quantitative estimate of drug-likeness (QED) is 0.614. The van der Waals surface area contributed by atoms with Crippen LogP contribution in [0.15, 0.2) is 46.3 Å². The van der Waals surface area contributed by atoms with Gasteiger partial charge >= 0.3 is 5.97 Å². The minimum absolute atomic E-state index is 0.233. The van der Waals surface area contributed by atoms with Gasteiger partial charge in [-0.3, -0.25) is 9.69 Å². The molecule has 2 rings (SSSR count). The van der Waals surface area contributed by atoms with Crippen molar-refractivity contribution < 1.29 is 14.7 Å². The van der Waals surface area contributed by atoms with Crippen LogP contribution in [0, 0.1) is 5.92 Å². The molecule has 1 amide bonds. The van der Waals surface area contributed by atoms with E-state index in [4.69, 9.17) is 23.8 Å². The predicted molar refractivity (Wildman–Crippen MR) is 102 cm³/mol. The van der Waals surface area contributed by atoms with E-state index < -0.39 is 17.9 Å². The van der Waals surface area contributed by atoms with Gasteiger partial charge in [0.05, 0.1) is 4.91 Å². The number of hydrogen-bond acceptors (Lipinski definition) is 4. The maximum Gasteiger partial charge on any atom is 0.327 e. The number of carboxylic acid groups (broad SMARTS) is 1. The average Bonchev–Trinajstić information content (AvgIpc) is 2.75. The smallest absolute Gasteiger partial charge is 0.327 e. The van der Waals surface area contributed by atoms with E-state index in [9.17, 15) is 14.7 Å². The molecule has 1 atom stereocenters. The molecule has 1 saturated heterocycles. The van der Waals surface area contributed by atoms with Gasteiger partial charge in [0, 0.05) is 5.03 Å². The number of thiocarbonyl (C=S) groups is 1. The molecule has 1 unspecified atom stereocenters. The Morgan fingerprint density at radius 2 is 1.96 bits per heavy atom. The number of thioether (sulfide) groups is 1. The Labute approximate surface area is 155 Å². The van der Waals surface area contributed by atoms with E-state index in [0.717, 1.165) is 22.2 Å². The van der Waals surface area contributed by atoms with Gasteiger partial charge in [-0.1, -0.05) is 79.8 Å². The van der Waals surface area contributed by atoms with Crippen LogP contribution in [0.5, 0.6) is 0 Å². The molecule has 0 aromatic heterocycles. The van der Waals surface area contributed by atoms with Crippen molar-refractivity contribution in [1.82, 2.24) is 4.90 Å². The molecule has 1 aliphatic rings. The summed E-state index contributed by atoms with van der Waals surface area (Å²) in [5, 5.41) is 9.76. The first-order valence-electron chi connectivity index (χ1n) is 7.23. The third kappa shape index (κ3) is 4.26. The highest BCUT2D eigenvalue weighted by molar-refractivity contribution is 8.26. The molecule has 1 aromatic rings. The first-order chi connectivity index (χ1) is 11.3. The standard InChI is InChI=1S/C17H16ClNO3S2/c1-10(2)14(16(21)22)19-15(20)13(24-17(19)23)9-12(18)8-11-6-4-3-5-7-11/h3-10,14H,1-2H3,(H,21,22)/b12-8-,13-9-. The van der Waals surface area contributed by atoms with Crippen LogP contribution in [0.4, 0.5) is 0 Å². The van der Waals surface area contributed by atoms with Crippen LogP contribution in [0.3, 0.4) is 0 Å². The van der Waals surface area contributed by atoms with Gasteiger partial charge in [0.1, 0.15) is 10.4 Å². The molecule has 0 aliphatic carbocycles. The summed E-state index contributed by atoms with van der Waals surface area (Å²) in [4.78, 5) is 25.5. The van der Waals surface area contributed by atoms with Gasteiger partial charge in [0.15, 0.2) is 0 Å². The molecule has 0 saturated carbocycles. The van der Waals surface area contributed by atoms with Crippen molar-refractivity contribution in [3.63, 3.8) is 0 Å². The number of hydrogen-bond donors (Lipinski definition) is 1. The summed E-state index contributed by atoms with van der Waals surface area (Å²) < 4.78 is 0.233. The largest absolute Gasteiger partial charge is 0.480 e. The van der Waals surface area contributed by atoms with Crippen LogP contribution < -0.4 is 0 Å². The number of allylic oxidation sites excluding steroid dienone is 2. The Hall–Kier alpha value is -1.63. The molecule has 0 bridgehead atoms. The third-order valence-corrected chi connectivity index (χ3v) is 4.91. The Bertz CT molecular complexity index is 729. The predicted octanol–water partition coefficient (Wildman–Crippen LogP) is 4.12. The minimum atomic E-state index is -1.08. The number of rotatable bonds is 5. The number of halogens is 1. The number of aliphatic carboxylic acids is 1. The van der Waals surface area contributed by atoms with Crippen LogP contribution >= 0.6 is 35.6 Å². The second-order valence-electron chi connectivity index (χ2n) is 5.52. The second kappa shape index (κ2) is 7.96. The van der Waals surface area contributed by atoms with E-state index in [-0.39, 0.29) is 10.2 Å². The number of benzene rings is 1. The highest BCUT2D eigenvalue weighted by Gasteiger charge is 2.41. The SMILES string of the molecule is CC(C)C(C(=O)O)N1C(=O)/C(=C/C(Cl)=C/c2ccccc2)SC1=S. The number of amides is 1. The van der Waals surface area contributed by atoms with Crippen molar-refractivity contribution in [3.8, 4) is 0 Å². The number of carboxylic acids is 1. The fourth-order valence-corrected chi connectivity index (χ4v) is 3.91. The van der Waals surface area contributed by atoms with E-state index in [1.807, 2.05) is 30.3 Å². The van der Waals surface area contributed by atoms with Gasteiger partial charge in [-0.2, -0.15) is 0 Å². The van der Waals surface area contributed by atoms with Crippen LogP contribution in [0.25, 0.3) is 6.08 Å². The summed E-state index contributed by atoms with van der Waals surface area (Å²) in [6, 6.07) is 8.46. The summed E-state index contributed by atoms with van der Waals surface area (Å²) in [6.45, 7) is 3.48. The highest BCUT2D eigenvalue weighted by atomic mass is 35.5. The Kier molecular flexibility index (Phi) is 6.21. The molecule has 126 valence electrons. The maximum absolute atomic E-state index is 12.6. The lowest BCUT2D eigenvalue weighted by atomic mass is 10.0. The molecular weight excluding hydrogens is 366 g/mol. The molecule has 1 heterocycles. The van der Waals surface area contributed by atoms with E-state index >= 15 is 0 Å². The average molecular weight is 382 g/mol. The van der Waals surface area contributed by atoms with Crippen molar-refractivity contribution in [1.29, 1.82) is 0 Å². The fourth-order valence-electron chi connectivity index (χ4n) is 2.29. The van der Waals surface area contributed by atoms with E-state index in [0.29, 0.717) is 9.94 Å². The zero-order valence-electron chi connectivity index (χ0n) is 13.1. The molecule has 24 heavy (non-hydrogen) atoms. The van der Waals surface area contributed by atoms with Crippen LogP contribution in [0.1, 0.15) is 19.4 Å². The second-order valence-corrected chi connectivity index (χ2v) is 7.63. The van der Waals surface area contributed by atoms with Gasteiger partial charge in [0.2, 0.25) is 0 Å². The lowest BCUT2D eigenvalue weighted by Crippen LogP contribution is -2.47. The zero-order valence-corrected chi connectivity index (χ0v) is 15.5. The molecule has 1 aliphatic heterocycles. The van der Waals surface area contributed by atoms with Gasteiger partial charge in [-0.15, -0.1) is 0 Å². The zero-order chi connectivity index (χ0) is 17.9. The number of carbonyl (C=O) groups is 2. The molecule has 7 heteroatoms. The third-order valence-electron chi connectivity index (χ3n) is 3.36. The Balaban J connectivity index is 2.28. The molecule has 1 N–H and O–H groups in total. The molecule has 0 radical (unpaired) electrons. The Morgan fingerprint density at radius 1 is 1.33 bits per heavy atom. The number of nitrogens with zero attached hydrogens (tertiary/aromatic N) is 1. The lowest BCUT2D eigenvalue weighted by molar-refractivity contribution is -0.146. The molecule has 0 spiro atoms. The summed E-state index contributed by atoms with van der Waals surface area (Å²) >= 11 is 12.5. The molecular formula is C17H16ClNO3S2. The van der Waals surface area contributed by atoms with Crippen molar-refractivity contribution in [3.05, 3.63) is 51.9 Å². The number of carbonyl (C=O) groups excluding carboxylic acids is 1. The summed E-state index contributed by atoms with van der Waals surface area (Å²) in [6.07, 6.45) is 3.25. The Morgan fingerprint density at radius 3 is 2.50 bits per heavy atom. The monoisotopic (exact) mass is 381 g/mol. The van der Waals surface area contributed by atoms with E-state index in [1.54, 1.807) is 19.9 Å². The first-order valence-corrected chi connectivity index (χ1v) is 8.83. The van der Waals surface area contributed by atoms with E-state index in [1.165, 1.54) is 6.08 Å². The minimum Gasteiger partial charge on any atom is -0.480 e. The molecule has 1 aromatic carbocycles. The maximum atomic E-state index is 12.6. The van der Waals surface area contributed by atoms with Crippen molar-refractivity contribution >= 4 is 57.9 Å². The lowest BCUT2D eigenvalue weighted by Gasteiger charge is -2.26. The van der Waals surface area contributed by atoms with Crippen LogP contribution in [-0.2, 0) is 9.59 Å². The van der Waals surface area contributed by atoms with Crippen LogP contribution in [0.2, 0.25) is 0 Å². The van der Waals surface area contributed by atoms with Crippen LogP contribution in [-0.4, -0.2) is 32.2 Å². The highest BCUT2D eigenvalue weighted by Crippen LogP contribution is 2.35. The van der Waals surface area contributed by atoms with Crippen molar-refractivity contribution in [2.45, 2.75) is 19.9 Å². The first kappa shape index (κ1) is 18.7. The molecule has 4 nitrogen and oxygen atoms in total. The van der Waals surface area contributed by atoms with Crippen molar-refractivity contribution in [2.24, 2.45) is 5.92 Å². The summed E-state index contributed by atoms with van der Waals surface area (Å²) in [5.74, 6) is -1.76. The van der Waals surface area contributed by atoms with Gasteiger partial charge < -0.3 is 5.11 Å². The molecule has 1 fully saturated rings. The normalized spacial score (nSPS) is 18.6. The van der Waals surface area contributed by atoms with E-state index in [2.05, 4.69) is 0 Å². The topological polar surface area (TPSA) is 57.6 Å².